The topological polar surface area (TPSA) is 59.1 Å². The molecule has 0 saturated carbocycles. The fourth-order valence-electron chi connectivity index (χ4n) is 2.23. The molecule has 116 valence electrons. The van der Waals surface area contributed by atoms with Gasteiger partial charge in [-0.2, -0.15) is 0 Å². The lowest BCUT2D eigenvalue weighted by atomic mass is 10.1. The van der Waals surface area contributed by atoms with Crippen molar-refractivity contribution in [1.29, 1.82) is 0 Å². The molecule has 1 heterocycles. The molecular weight excluding hydrogens is 260 g/mol. The Hall–Kier alpha value is -1.30. The van der Waals surface area contributed by atoms with Gasteiger partial charge in [-0.15, -0.1) is 0 Å². The third-order valence-electron chi connectivity index (χ3n) is 3.13. The molecule has 0 aromatic rings. The van der Waals surface area contributed by atoms with E-state index in [-0.39, 0.29) is 12.1 Å². The van der Waals surface area contributed by atoms with Crippen LogP contribution in [0.2, 0.25) is 0 Å². The van der Waals surface area contributed by atoms with Gasteiger partial charge in [0.2, 0.25) is 0 Å². The van der Waals surface area contributed by atoms with Crippen molar-refractivity contribution in [2.45, 2.75) is 45.8 Å². The lowest BCUT2D eigenvalue weighted by molar-refractivity contribution is -0.149. The van der Waals surface area contributed by atoms with Gasteiger partial charge in [0, 0.05) is 13.1 Å². The highest BCUT2D eigenvalue weighted by atomic mass is 16.6. The van der Waals surface area contributed by atoms with Gasteiger partial charge in [0.1, 0.15) is 11.6 Å². The zero-order valence-electron chi connectivity index (χ0n) is 13.1. The average Bonchev–Trinajstić information content (AvgIpc) is 2.36. The Balaban J connectivity index is 2.70. The van der Waals surface area contributed by atoms with Crippen LogP contribution in [0.15, 0.2) is 0 Å². The summed E-state index contributed by atoms with van der Waals surface area (Å²) in [7, 11) is 1.37. The predicted octanol–water partition coefficient (Wildman–Crippen LogP) is 1.49. The van der Waals surface area contributed by atoms with Crippen LogP contribution in [0.3, 0.4) is 0 Å². The minimum Gasteiger partial charge on any atom is -0.468 e. The molecule has 1 aliphatic rings. The molecule has 0 aliphatic carbocycles. The number of ether oxygens (including phenoxy) is 2. The summed E-state index contributed by atoms with van der Waals surface area (Å²) >= 11 is 0. The van der Waals surface area contributed by atoms with Crippen LogP contribution in [0.5, 0.6) is 0 Å². The molecule has 1 aliphatic heterocycles. The summed E-state index contributed by atoms with van der Waals surface area (Å²) in [6.45, 7) is 9.93. The molecule has 1 atom stereocenters. The van der Waals surface area contributed by atoms with Gasteiger partial charge in [-0.1, -0.05) is 6.92 Å². The van der Waals surface area contributed by atoms with Crippen molar-refractivity contribution in [3.8, 4) is 0 Å². The molecule has 0 radical (unpaired) electrons. The highest BCUT2D eigenvalue weighted by Gasteiger charge is 2.36. The quantitative estimate of drug-likeness (QED) is 0.736. The van der Waals surface area contributed by atoms with Crippen LogP contribution in [-0.4, -0.2) is 66.8 Å². The van der Waals surface area contributed by atoms with Crippen molar-refractivity contribution in [1.82, 2.24) is 9.80 Å². The van der Waals surface area contributed by atoms with Gasteiger partial charge in [-0.3, -0.25) is 9.69 Å². The maximum atomic E-state index is 12.1. The number of amides is 1. The molecule has 1 rings (SSSR count). The monoisotopic (exact) mass is 286 g/mol. The van der Waals surface area contributed by atoms with E-state index in [4.69, 9.17) is 9.47 Å². The summed E-state index contributed by atoms with van der Waals surface area (Å²) in [5, 5.41) is 0. The van der Waals surface area contributed by atoms with Crippen molar-refractivity contribution in [2.75, 3.05) is 33.3 Å². The zero-order valence-corrected chi connectivity index (χ0v) is 13.1. The summed E-state index contributed by atoms with van der Waals surface area (Å²) in [6, 6.07) is -0.402. The smallest absolute Gasteiger partial charge is 0.410 e. The largest absolute Gasteiger partial charge is 0.468 e. The van der Waals surface area contributed by atoms with Crippen molar-refractivity contribution in [2.24, 2.45) is 0 Å². The second kappa shape index (κ2) is 6.92. The van der Waals surface area contributed by atoms with Gasteiger partial charge in [-0.05, 0) is 33.7 Å². The summed E-state index contributed by atoms with van der Waals surface area (Å²) in [5.74, 6) is -0.299. The zero-order chi connectivity index (χ0) is 15.3. The van der Waals surface area contributed by atoms with E-state index in [0.29, 0.717) is 19.6 Å². The molecule has 0 spiro atoms. The number of rotatable bonds is 3. The highest BCUT2D eigenvalue weighted by molar-refractivity contribution is 5.77. The number of nitrogens with zero attached hydrogens (tertiary/aromatic N) is 2. The highest BCUT2D eigenvalue weighted by Crippen LogP contribution is 2.16. The van der Waals surface area contributed by atoms with E-state index in [0.717, 1.165) is 13.0 Å². The maximum absolute atomic E-state index is 12.1. The molecule has 0 aromatic carbocycles. The summed E-state index contributed by atoms with van der Waals surface area (Å²) in [5.41, 5.74) is -0.529. The molecule has 0 aromatic heterocycles. The van der Waals surface area contributed by atoms with E-state index in [1.54, 1.807) is 4.90 Å². The molecule has 1 amide bonds. The van der Waals surface area contributed by atoms with E-state index in [2.05, 4.69) is 11.8 Å². The van der Waals surface area contributed by atoms with Crippen molar-refractivity contribution in [3.63, 3.8) is 0 Å². The minimum atomic E-state index is -0.529. The maximum Gasteiger partial charge on any atom is 0.410 e. The van der Waals surface area contributed by atoms with Gasteiger partial charge >= 0.3 is 12.1 Å². The van der Waals surface area contributed by atoms with Gasteiger partial charge in [0.25, 0.3) is 0 Å². The predicted molar refractivity (Wildman–Crippen MR) is 75.5 cm³/mol. The van der Waals surface area contributed by atoms with E-state index in [1.165, 1.54) is 7.11 Å². The molecule has 0 bridgehead atoms. The third kappa shape index (κ3) is 4.67. The van der Waals surface area contributed by atoms with E-state index in [1.807, 2.05) is 20.8 Å². The van der Waals surface area contributed by atoms with Crippen molar-refractivity contribution >= 4 is 12.1 Å². The Labute approximate surface area is 121 Å². The van der Waals surface area contributed by atoms with Crippen molar-refractivity contribution in [3.05, 3.63) is 0 Å². The molecule has 20 heavy (non-hydrogen) atoms. The summed E-state index contributed by atoms with van der Waals surface area (Å²) in [4.78, 5) is 27.6. The Morgan fingerprint density at radius 2 is 1.90 bits per heavy atom. The first kappa shape index (κ1) is 16.8. The normalized spacial score (nSPS) is 20.6. The molecular formula is C14H26N2O4. The van der Waals surface area contributed by atoms with Gasteiger partial charge in [0.15, 0.2) is 0 Å². The van der Waals surface area contributed by atoms with Gasteiger partial charge < -0.3 is 14.4 Å². The Bertz CT molecular complexity index is 352. The summed E-state index contributed by atoms with van der Waals surface area (Å²) in [6.07, 6.45) is 0.586. The summed E-state index contributed by atoms with van der Waals surface area (Å²) < 4.78 is 10.2. The molecule has 1 saturated heterocycles. The van der Waals surface area contributed by atoms with E-state index < -0.39 is 11.6 Å². The lowest BCUT2D eigenvalue weighted by Gasteiger charge is -2.40. The molecule has 1 fully saturated rings. The van der Waals surface area contributed by atoms with Crippen LogP contribution in [0.4, 0.5) is 4.79 Å². The van der Waals surface area contributed by atoms with Gasteiger partial charge in [-0.25, -0.2) is 4.79 Å². The fraction of sp³-hybridized carbons (Fsp3) is 0.857. The number of hydrogen-bond donors (Lipinski definition) is 0. The number of carbonyl (C=O) groups excluding carboxylic acids is 2. The Morgan fingerprint density at radius 3 is 2.40 bits per heavy atom. The molecule has 6 heteroatoms. The fourth-order valence-corrected chi connectivity index (χ4v) is 2.23. The number of esters is 1. The lowest BCUT2D eigenvalue weighted by Crippen LogP contribution is -2.58. The van der Waals surface area contributed by atoms with Crippen LogP contribution in [-0.2, 0) is 14.3 Å². The van der Waals surface area contributed by atoms with E-state index in [9.17, 15) is 9.59 Å². The van der Waals surface area contributed by atoms with Crippen LogP contribution in [0, 0.1) is 0 Å². The second-order valence-electron chi connectivity index (χ2n) is 6.00. The SMILES string of the molecule is CCCN1CCN(C(=O)OC(C)(C)C)CC1C(=O)OC. The number of methoxy groups -OCH3 is 1. The van der Waals surface area contributed by atoms with Gasteiger partial charge in [0.05, 0.1) is 13.7 Å². The number of piperazine rings is 1. The van der Waals surface area contributed by atoms with Crippen molar-refractivity contribution < 1.29 is 19.1 Å². The molecule has 0 N–H and O–H groups in total. The number of hydrogen-bond acceptors (Lipinski definition) is 5. The molecule has 6 nitrogen and oxygen atoms in total. The minimum absolute atomic E-state index is 0.299. The van der Waals surface area contributed by atoms with Crippen LogP contribution < -0.4 is 0 Å². The first-order valence-corrected chi connectivity index (χ1v) is 7.08. The standard InChI is InChI=1S/C14H26N2O4/c1-6-7-15-8-9-16(10-11(15)12(17)19-5)13(18)20-14(2,3)4/h11H,6-10H2,1-5H3. The first-order chi connectivity index (χ1) is 9.28. The van der Waals surface area contributed by atoms with Crippen LogP contribution in [0.1, 0.15) is 34.1 Å². The Morgan fingerprint density at radius 1 is 1.25 bits per heavy atom. The average molecular weight is 286 g/mol. The third-order valence-corrected chi connectivity index (χ3v) is 3.13. The van der Waals surface area contributed by atoms with Crippen LogP contribution >= 0.6 is 0 Å². The first-order valence-electron chi connectivity index (χ1n) is 7.08. The number of carbonyl (C=O) groups is 2. The second-order valence-corrected chi connectivity index (χ2v) is 6.00. The van der Waals surface area contributed by atoms with E-state index >= 15 is 0 Å². The molecule has 1 unspecified atom stereocenters. The Kier molecular flexibility index (Phi) is 5.80. The van der Waals surface area contributed by atoms with Crippen LogP contribution in [0.25, 0.3) is 0 Å².